The average Bonchev–Trinajstić information content (AvgIpc) is 3.32. The van der Waals surface area contributed by atoms with E-state index in [1.165, 1.54) is 39.3 Å². The lowest BCUT2D eigenvalue weighted by Gasteiger charge is -2.43. The zero-order valence-corrected chi connectivity index (χ0v) is 17.3. The van der Waals surface area contributed by atoms with Crippen LogP contribution in [-0.2, 0) is 4.74 Å². The Bertz CT molecular complexity index is 739. The number of fused-ring (bicyclic) bond motifs is 1. The van der Waals surface area contributed by atoms with Gasteiger partial charge in [-0.05, 0) is 53.8 Å². The molecule has 0 radical (unpaired) electrons. The van der Waals surface area contributed by atoms with Crippen molar-refractivity contribution in [3.8, 4) is 0 Å². The standard InChI is InChI=1S/C18H25IN3OS/c1-22(12-13-6-7-13,14-8-10-23-11-9-14)17-15-4-3-5-16(19)21(15)20-18(17)24-2/h3-5,13-14H,6-12H2,1-2H3/q+1. The smallest absolute Gasteiger partial charge is 0.193 e. The summed E-state index contributed by atoms with van der Waals surface area (Å²) in [6.45, 7) is 3.04. The van der Waals surface area contributed by atoms with Crippen molar-refractivity contribution >= 4 is 45.6 Å². The van der Waals surface area contributed by atoms with Crippen molar-refractivity contribution < 1.29 is 4.74 Å². The molecule has 1 unspecified atom stereocenters. The van der Waals surface area contributed by atoms with Gasteiger partial charge in [-0.3, -0.25) is 4.48 Å². The number of hydrogen-bond donors (Lipinski definition) is 0. The SMILES string of the molecule is CSc1nn2c(I)cccc2c1[N+](C)(CC1CC1)C1CCOCC1. The molecule has 2 aromatic heterocycles. The first kappa shape index (κ1) is 17.1. The van der Waals surface area contributed by atoms with Gasteiger partial charge in [0, 0.05) is 18.8 Å². The minimum atomic E-state index is 0.635. The minimum Gasteiger partial charge on any atom is -0.381 e. The second kappa shape index (κ2) is 6.78. The molecule has 0 spiro atoms. The van der Waals surface area contributed by atoms with Gasteiger partial charge in [0.2, 0.25) is 0 Å². The maximum Gasteiger partial charge on any atom is 0.193 e. The van der Waals surface area contributed by atoms with Gasteiger partial charge in [-0.25, -0.2) is 4.52 Å². The van der Waals surface area contributed by atoms with E-state index in [1.807, 2.05) is 0 Å². The van der Waals surface area contributed by atoms with Gasteiger partial charge in [-0.1, -0.05) is 6.07 Å². The lowest BCUT2D eigenvalue weighted by molar-refractivity contribution is 0.0432. The van der Waals surface area contributed by atoms with E-state index in [0.29, 0.717) is 6.04 Å². The fourth-order valence-corrected chi connectivity index (χ4v) is 5.38. The largest absolute Gasteiger partial charge is 0.381 e. The second-order valence-electron chi connectivity index (χ2n) is 7.24. The van der Waals surface area contributed by atoms with Gasteiger partial charge >= 0.3 is 0 Å². The zero-order valence-electron chi connectivity index (χ0n) is 14.4. The summed E-state index contributed by atoms with van der Waals surface area (Å²) in [6, 6.07) is 7.18. The van der Waals surface area contributed by atoms with Crippen LogP contribution in [0.1, 0.15) is 25.7 Å². The van der Waals surface area contributed by atoms with Crippen molar-refractivity contribution in [1.82, 2.24) is 14.1 Å². The van der Waals surface area contributed by atoms with Gasteiger partial charge in [0.25, 0.3) is 0 Å². The number of pyridine rings is 1. The lowest BCUT2D eigenvalue weighted by Crippen LogP contribution is -2.56. The molecule has 1 saturated carbocycles. The van der Waals surface area contributed by atoms with Crippen LogP contribution >= 0.6 is 34.4 Å². The van der Waals surface area contributed by atoms with E-state index in [4.69, 9.17) is 9.84 Å². The summed E-state index contributed by atoms with van der Waals surface area (Å²) in [4.78, 5) is 0. The topological polar surface area (TPSA) is 26.5 Å². The van der Waals surface area contributed by atoms with Gasteiger partial charge in [-0.15, -0.1) is 11.8 Å². The third-order valence-corrected chi connectivity index (χ3v) is 7.07. The van der Waals surface area contributed by atoms with Crippen LogP contribution in [0.4, 0.5) is 5.69 Å². The number of rotatable bonds is 5. The average molecular weight is 458 g/mol. The van der Waals surface area contributed by atoms with E-state index in [0.717, 1.165) is 36.5 Å². The Morgan fingerprint density at radius 1 is 1.29 bits per heavy atom. The molecule has 1 aliphatic carbocycles. The molecular formula is C18H25IN3OS+. The first-order valence-corrected chi connectivity index (χ1v) is 11.1. The fraction of sp³-hybridized carbons (Fsp3) is 0.611. The summed E-state index contributed by atoms with van der Waals surface area (Å²) >= 11 is 4.18. The van der Waals surface area contributed by atoms with Crippen molar-refractivity contribution in [2.45, 2.75) is 36.8 Å². The number of aromatic nitrogens is 2. The van der Waals surface area contributed by atoms with Crippen LogP contribution in [0.3, 0.4) is 0 Å². The summed E-state index contributed by atoms with van der Waals surface area (Å²) in [6.07, 6.45) is 7.24. The molecule has 2 aliphatic rings. The molecule has 0 N–H and O–H groups in total. The number of thioether (sulfide) groups is 1. The highest BCUT2D eigenvalue weighted by molar-refractivity contribution is 14.1. The summed E-state index contributed by atoms with van der Waals surface area (Å²) in [5.41, 5.74) is 2.71. The van der Waals surface area contributed by atoms with E-state index < -0.39 is 0 Å². The van der Waals surface area contributed by atoms with E-state index >= 15 is 0 Å². The molecule has 1 atom stereocenters. The Hall–Kier alpha value is -0.310. The van der Waals surface area contributed by atoms with Crippen molar-refractivity contribution in [3.05, 3.63) is 21.9 Å². The summed E-state index contributed by atoms with van der Waals surface area (Å²) in [5, 5.41) is 6.13. The monoisotopic (exact) mass is 458 g/mol. The highest BCUT2D eigenvalue weighted by Crippen LogP contribution is 2.43. The van der Waals surface area contributed by atoms with Gasteiger partial charge in [0.15, 0.2) is 10.7 Å². The lowest BCUT2D eigenvalue weighted by atomic mass is 10.0. The molecule has 3 heterocycles. The van der Waals surface area contributed by atoms with Crippen molar-refractivity contribution in [2.24, 2.45) is 5.92 Å². The zero-order chi connectivity index (χ0) is 16.7. The number of nitrogens with zero attached hydrogens (tertiary/aromatic N) is 3. The van der Waals surface area contributed by atoms with E-state index in [1.54, 1.807) is 11.8 Å². The van der Waals surface area contributed by atoms with Crippen LogP contribution in [0, 0.1) is 9.62 Å². The van der Waals surface area contributed by atoms with Crippen molar-refractivity contribution in [3.63, 3.8) is 0 Å². The molecule has 0 amide bonds. The molecule has 24 heavy (non-hydrogen) atoms. The highest BCUT2D eigenvalue weighted by Gasteiger charge is 2.44. The Morgan fingerprint density at radius 3 is 2.71 bits per heavy atom. The van der Waals surface area contributed by atoms with Gasteiger partial charge in [0.1, 0.15) is 9.22 Å². The Kier molecular flexibility index (Phi) is 4.83. The first-order valence-electron chi connectivity index (χ1n) is 8.78. The third kappa shape index (κ3) is 2.99. The second-order valence-corrected chi connectivity index (χ2v) is 9.14. The van der Waals surface area contributed by atoms with Crippen LogP contribution in [-0.4, -0.2) is 48.7 Å². The van der Waals surface area contributed by atoms with E-state index in [2.05, 4.69) is 58.6 Å². The quantitative estimate of drug-likeness (QED) is 0.291. The summed E-state index contributed by atoms with van der Waals surface area (Å²) in [7, 11) is 2.45. The Morgan fingerprint density at radius 2 is 2.04 bits per heavy atom. The first-order chi connectivity index (χ1) is 11.6. The van der Waals surface area contributed by atoms with Crippen LogP contribution in [0.25, 0.3) is 5.52 Å². The molecule has 1 aliphatic heterocycles. The van der Waals surface area contributed by atoms with Crippen molar-refractivity contribution in [1.29, 1.82) is 0 Å². The third-order valence-electron chi connectivity index (χ3n) is 5.59. The predicted molar refractivity (Wildman–Crippen MR) is 109 cm³/mol. The maximum absolute atomic E-state index is 5.66. The molecule has 2 aromatic rings. The predicted octanol–water partition coefficient (Wildman–Crippen LogP) is 4.19. The van der Waals surface area contributed by atoms with E-state index in [-0.39, 0.29) is 0 Å². The van der Waals surface area contributed by atoms with Gasteiger partial charge in [0.05, 0.1) is 32.8 Å². The normalized spacial score (nSPS) is 22.0. The molecule has 4 rings (SSSR count). The molecular weight excluding hydrogens is 433 g/mol. The number of hydrogen-bond acceptors (Lipinski definition) is 3. The minimum absolute atomic E-state index is 0.635. The molecule has 130 valence electrons. The summed E-state index contributed by atoms with van der Waals surface area (Å²) < 4.78 is 9.99. The molecule has 0 bridgehead atoms. The molecule has 0 aromatic carbocycles. The Balaban J connectivity index is 1.87. The van der Waals surface area contributed by atoms with Crippen LogP contribution in [0.5, 0.6) is 0 Å². The van der Waals surface area contributed by atoms with Crippen LogP contribution in [0.2, 0.25) is 0 Å². The molecule has 2 fully saturated rings. The molecule has 6 heteroatoms. The molecule has 4 nitrogen and oxygen atoms in total. The van der Waals surface area contributed by atoms with Crippen molar-refractivity contribution in [2.75, 3.05) is 33.1 Å². The number of halogens is 1. The number of quaternary nitrogens is 1. The van der Waals surface area contributed by atoms with Gasteiger partial charge in [-0.2, -0.15) is 5.10 Å². The Labute approximate surface area is 161 Å². The van der Waals surface area contributed by atoms with Crippen LogP contribution < -0.4 is 4.48 Å². The highest BCUT2D eigenvalue weighted by atomic mass is 127. The maximum atomic E-state index is 5.66. The van der Waals surface area contributed by atoms with Gasteiger partial charge < -0.3 is 4.74 Å². The van der Waals surface area contributed by atoms with Crippen LogP contribution in [0.15, 0.2) is 23.2 Å². The number of ether oxygens (including phenoxy) is 1. The fourth-order valence-electron chi connectivity index (χ4n) is 4.14. The molecule has 1 saturated heterocycles. The summed E-state index contributed by atoms with van der Waals surface area (Å²) in [5.74, 6) is 0.880. The van der Waals surface area contributed by atoms with E-state index in [9.17, 15) is 0 Å².